The number of aromatic nitrogens is 1. The highest BCUT2D eigenvalue weighted by molar-refractivity contribution is 6.30. The average Bonchev–Trinajstić information content (AvgIpc) is 2.95. The molecule has 0 amide bonds. The van der Waals surface area contributed by atoms with Gasteiger partial charge in [0.25, 0.3) is 0 Å². The van der Waals surface area contributed by atoms with Crippen molar-refractivity contribution in [3.63, 3.8) is 0 Å². The second-order valence-electron chi connectivity index (χ2n) is 7.11. The zero-order chi connectivity index (χ0) is 21.3. The van der Waals surface area contributed by atoms with Gasteiger partial charge in [0.15, 0.2) is 5.78 Å². The van der Waals surface area contributed by atoms with Crippen molar-refractivity contribution >= 4 is 29.0 Å². The Kier molecular flexibility index (Phi) is 5.85. The number of nitrogens with zero attached hydrogens (tertiary/aromatic N) is 1. The van der Waals surface area contributed by atoms with Crippen LogP contribution in [0.4, 0.5) is 0 Å². The van der Waals surface area contributed by atoms with Crippen molar-refractivity contribution in [3.05, 3.63) is 76.4 Å². The van der Waals surface area contributed by atoms with E-state index in [0.717, 1.165) is 11.3 Å². The maximum absolute atomic E-state index is 12.7. The van der Waals surface area contributed by atoms with Gasteiger partial charge in [0.1, 0.15) is 17.5 Å². The first-order chi connectivity index (χ1) is 13.7. The molecule has 2 aromatic carbocycles. The predicted molar refractivity (Wildman–Crippen MR) is 115 cm³/mol. The van der Waals surface area contributed by atoms with E-state index in [4.69, 9.17) is 11.6 Å². The Balaban J connectivity index is 2.51. The molecule has 0 aliphatic carbocycles. The van der Waals surface area contributed by atoms with Crippen molar-refractivity contribution < 1.29 is 14.4 Å². The summed E-state index contributed by atoms with van der Waals surface area (Å²) in [6.45, 7) is 6.07. The molecular weight excluding hydrogens is 386 g/mol. The van der Waals surface area contributed by atoms with Gasteiger partial charge in [0.2, 0.25) is 0 Å². The van der Waals surface area contributed by atoms with Gasteiger partial charge < -0.3 is 4.57 Å². The van der Waals surface area contributed by atoms with Crippen LogP contribution < -0.4 is 0 Å². The molecule has 1 heterocycles. The third kappa shape index (κ3) is 3.81. The van der Waals surface area contributed by atoms with Crippen LogP contribution in [0.25, 0.3) is 16.9 Å². The zero-order valence-corrected chi connectivity index (χ0v) is 17.6. The molecule has 0 unspecified atom stereocenters. The van der Waals surface area contributed by atoms with Crippen LogP contribution in [0.5, 0.6) is 0 Å². The number of Topliss-reactive ketones (excluding diaryl/α,β-unsaturated/α-hetero) is 3. The molecule has 29 heavy (non-hydrogen) atoms. The Morgan fingerprint density at radius 2 is 1.41 bits per heavy atom. The second-order valence-corrected chi connectivity index (χ2v) is 7.55. The molecule has 0 bridgehead atoms. The second kappa shape index (κ2) is 8.18. The van der Waals surface area contributed by atoms with E-state index in [2.05, 4.69) is 0 Å². The topological polar surface area (TPSA) is 56.1 Å². The fourth-order valence-electron chi connectivity index (χ4n) is 3.93. The Bertz CT molecular complexity index is 1080. The van der Waals surface area contributed by atoms with Crippen LogP contribution in [0.2, 0.25) is 5.02 Å². The van der Waals surface area contributed by atoms with Gasteiger partial charge in [-0.3, -0.25) is 14.4 Å². The van der Waals surface area contributed by atoms with E-state index in [-0.39, 0.29) is 17.3 Å². The quantitative estimate of drug-likeness (QED) is 0.396. The molecule has 0 saturated heterocycles. The summed E-state index contributed by atoms with van der Waals surface area (Å²) in [6, 6.07) is 16.7. The molecule has 3 aromatic rings. The Hall–Kier alpha value is -2.98. The molecule has 1 aromatic heterocycles. The van der Waals surface area contributed by atoms with Crippen LogP contribution in [-0.4, -0.2) is 21.9 Å². The van der Waals surface area contributed by atoms with Gasteiger partial charge in [-0.15, -0.1) is 0 Å². The highest BCUT2D eigenvalue weighted by Crippen LogP contribution is 2.40. The zero-order valence-electron chi connectivity index (χ0n) is 16.8. The summed E-state index contributed by atoms with van der Waals surface area (Å²) in [5.41, 5.74) is 3.85. The van der Waals surface area contributed by atoms with Crippen molar-refractivity contribution in [3.8, 4) is 16.9 Å². The molecule has 4 nitrogen and oxygen atoms in total. The largest absolute Gasteiger partial charge is 0.313 e. The fraction of sp³-hybridized carbons (Fsp3) is 0.208. The summed E-state index contributed by atoms with van der Waals surface area (Å²) in [4.78, 5) is 37.6. The number of rotatable bonds is 6. The van der Waals surface area contributed by atoms with E-state index in [1.165, 1.54) is 20.8 Å². The Morgan fingerprint density at radius 1 is 0.862 bits per heavy atom. The molecule has 5 heteroatoms. The molecule has 0 radical (unpaired) electrons. The number of hydrogen-bond donors (Lipinski definition) is 0. The molecule has 0 spiro atoms. The van der Waals surface area contributed by atoms with Crippen molar-refractivity contribution in [2.75, 3.05) is 0 Å². The predicted octanol–water partition coefficient (Wildman–Crippen LogP) is 5.57. The lowest BCUT2D eigenvalue weighted by Gasteiger charge is -2.17. The smallest absolute Gasteiger partial charge is 0.161 e. The summed E-state index contributed by atoms with van der Waals surface area (Å²) in [5.74, 6) is -1.76. The van der Waals surface area contributed by atoms with E-state index in [9.17, 15) is 14.4 Å². The van der Waals surface area contributed by atoms with Gasteiger partial charge in [-0.2, -0.15) is 0 Å². The lowest BCUT2D eigenvalue weighted by atomic mass is 9.86. The average molecular weight is 408 g/mol. The van der Waals surface area contributed by atoms with E-state index < -0.39 is 5.92 Å². The van der Waals surface area contributed by atoms with Crippen LogP contribution >= 0.6 is 11.6 Å². The summed E-state index contributed by atoms with van der Waals surface area (Å²) in [5, 5.41) is 0.595. The Morgan fingerprint density at radius 3 is 1.90 bits per heavy atom. The number of carbonyl (C=O) groups is 3. The van der Waals surface area contributed by atoms with Gasteiger partial charge in [-0.25, -0.2) is 0 Å². The Labute approximate surface area is 175 Å². The summed E-state index contributed by atoms with van der Waals surface area (Å²) in [7, 11) is 0. The van der Waals surface area contributed by atoms with Crippen molar-refractivity contribution in [2.45, 2.75) is 33.6 Å². The molecule has 0 saturated carbocycles. The number of hydrogen-bond acceptors (Lipinski definition) is 3. The number of carbonyl (C=O) groups excluding carboxylic acids is 3. The van der Waals surface area contributed by atoms with Gasteiger partial charge in [0.05, 0.1) is 5.69 Å². The van der Waals surface area contributed by atoms with Gasteiger partial charge in [0, 0.05) is 27.5 Å². The van der Waals surface area contributed by atoms with E-state index >= 15 is 0 Å². The third-order valence-electron chi connectivity index (χ3n) is 5.03. The minimum atomic E-state index is -1.00. The van der Waals surface area contributed by atoms with Crippen LogP contribution in [0.3, 0.4) is 0 Å². The number of benzene rings is 2. The van der Waals surface area contributed by atoms with E-state index in [1.807, 2.05) is 54.0 Å². The molecule has 0 aliphatic heterocycles. The first kappa shape index (κ1) is 20.7. The van der Waals surface area contributed by atoms with Crippen molar-refractivity contribution in [1.82, 2.24) is 4.57 Å². The molecule has 0 fully saturated rings. The molecular formula is C24H22ClNO3. The normalized spacial score (nSPS) is 11.0. The lowest BCUT2D eigenvalue weighted by Crippen LogP contribution is -2.20. The van der Waals surface area contributed by atoms with Crippen LogP contribution in [-0.2, 0) is 9.59 Å². The number of halogens is 1. The summed E-state index contributed by atoms with van der Waals surface area (Å²) < 4.78 is 1.93. The van der Waals surface area contributed by atoms with Crippen LogP contribution in [0, 0.1) is 6.92 Å². The highest BCUT2D eigenvalue weighted by Gasteiger charge is 2.34. The van der Waals surface area contributed by atoms with E-state index in [0.29, 0.717) is 27.5 Å². The monoisotopic (exact) mass is 407 g/mol. The summed E-state index contributed by atoms with van der Waals surface area (Å²) >= 11 is 6.06. The van der Waals surface area contributed by atoms with Crippen LogP contribution in [0.15, 0.2) is 54.6 Å². The maximum Gasteiger partial charge on any atom is 0.161 e. The SMILES string of the molecule is CC(=O)c1c(C(C(C)=O)C(C)=O)c(-c2ccccc2)n(-c2ccc(Cl)cc2)c1C. The molecule has 148 valence electrons. The molecule has 0 atom stereocenters. The van der Waals surface area contributed by atoms with Gasteiger partial charge in [-0.05, 0) is 57.5 Å². The van der Waals surface area contributed by atoms with E-state index in [1.54, 1.807) is 12.1 Å². The third-order valence-corrected chi connectivity index (χ3v) is 5.28. The first-order valence-electron chi connectivity index (χ1n) is 9.32. The van der Waals surface area contributed by atoms with Crippen LogP contribution in [0.1, 0.15) is 48.3 Å². The first-order valence-corrected chi connectivity index (χ1v) is 9.70. The number of ketones is 3. The standard InChI is InChI=1S/C24H22ClNO3/c1-14-21(15(2)27)23(22(16(3)28)17(4)29)24(18-8-6-5-7-9-18)26(14)20-12-10-19(25)11-13-20/h5-13,22H,1-4H3. The summed E-state index contributed by atoms with van der Waals surface area (Å²) in [6.07, 6.45) is 0. The minimum absolute atomic E-state index is 0.185. The lowest BCUT2D eigenvalue weighted by molar-refractivity contribution is -0.126. The minimum Gasteiger partial charge on any atom is -0.313 e. The van der Waals surface area contributed by atoms with Crippen molar-refractivity contribution in [1.29, 1.82) is 0 Å². The maximum atomic E-state index is 12.7. The highest BCUT2D eigenvalue weighted by atomic mass is 35.5. The van der Waals surface area contributed by atoms with Gasteiger partial charge >= 0.3 is 0 Å². The molecule has 3 rings (SSSR count). The van der Waals surface area contributed by atoms with Gasteiger partial charge in [-0.1, -0.05) is 41.9 Å². The fourth-order valence-corrected chi connectivity index (χ4v) is 4.05. The molecule has 0 aliphatic rings. The molecule has 0 N–H and O–H groups in total. The van der Waals surface area contributed by atoms with Crippen molar-refractivity contribution in [2.24, 2.45) is 0 Å².